The van der Waals surface area contributed by atoms with Gasteiger partial charge in [-0.3, -0.25) is 0 Å². The minimum Gasteiger partial charge on any atom is -0.245 e. The van der Waals surface area contributed by atoms with Crippen LogP contribution in [0.1, 0.15) is 0 Å². The molecule has 4 heteroatoms. The Morgan fingerprint density at radius 2 is 2.00 bits per heavy atom. The maximum atomic E-state index is 4.01. The molecule has 0 unspecified atom stereocenters. The highest BCUT2D eigenvalue weighted by molar-refractivity contribution is 5.81. The van der Waals surface area contributed by atoms with Crippen LogP contribution >= 0.6 is 0 Å². The molecule has 4 nitrogen and oxygen atoms in total. The van der Waals surface area contributed by atoms with Crippen LogP contribution in [0.25, 0.3) is 0 Å². The molecule has 0 spiro atoms. The average Bonchev–Trinajstić information content (AvgIpc) is 2.69. The Morgan fingerprint density at radius 1 is 1.15 bits per heavy atom. The summed E-state index contributed by atoms with van der Waals surface area (Å²) in [4.78, 5) is 7.75. The predicted molar refractivity (Wildman–Crippen MR) is 51.7 cm³/mol. The zero-order chi connectivity index (χ0) is 8.93. The molecule has 0 fully saturated rings. The SMILES string of the molecule is C1=NC=N[C@@H]1N=Nc1ccccc1. The summed E-state index contributed by atoms with van der Waals surface area (Å²) >= 11 is 0. The van der Waals surface area contributed by atoms with Crippen LogP contribution in [0.5, 0.6) is 0 Å². The van der Waals surface area contributed by atoms with E-state index in [2.05, 4.69) is 20.2 Å². The lowest BCUT2D eigenvalue weighted by molar-refractivity contribution is 0.884. The smallest absolute Gasteiger partial charge is 0.197 e. The monoisotopic (exact) mass is 172 g/mol. The van der Waals surface area contributed by atoms with E-state index in [1.54, 1.807) is 6.21 Å². The third kappa shape index (κ3) is 2.05. The molecule has 0 saturated carbocycles. The molecule has 0 aliphatic carbocycles. The van der Waals surface area contributed by atoms with Gasteiger partial charge in [-0.15, -0.1) is 0 Å². The fraction of sp³-hybridized carbons (Fsp3) is 0.111. The van der Waals surface area contributed by atoms with Crippen molar-refractivity contribution >= 4 is 18.2 Å². The third-order valence-corrected chi connectivity index (χ3v) is 1.55. The quantitative estimate of drug-likeness (QED) is 0.614. The van der Waals surface area contributed by atoms with Gasteiger partial charge in [-0.2, -0.15) is 10.2 Å². The third-order valence-electron chi connectivity index (χ3n) is 1.55. The highest BCUT2D eigenvalue weighted by Crippen LogP contribution is 2.11. The van der Waals surface area contributed by atoms with Gasteiger partial charge in [-0.1, -0.05) is 18.2 Å². The number of rotatable bonds is 2. The minimum absolute atomic E-state index is 0.236. The second kappa shape index (κ2) is 3.71. The molecule has 2 rings (SSSR count). The Balaban J connectivity index is 2.05. The molecular weight excluding hydrogens is 164 g/mol. The summed E-state index contributed by atoms with van der Waals surface area (Å²) in [5.41, 5.74) is 0.831. The molecule has 0 N–H and O–H groups in total. The molecule has 0 aromatic heterocycles. The minimum atomic E-state index is -0.236. The maximum Gasteiger partial charge on any atom is 0.197 e. The van der Waals surface area contributed by atoms with E-state index in [-0.39, 0.29) is 6.17 Å². The highest BCUT2D eigenvalue weighted by Gasteiger charge is 2.01. The van der Waals surface area contributed by atoms with E-state index in [9.17, 15) is 0 Å². The van der Waals surface area contributed by atoms with Crippen molar-refractivity contribution in [3.63, 3.8) is 0 Å². The molecule has 0 bridgehead atoms. The number of nitrogens with zero attached hydrogens (tertiary/aromatic N) is 4. The molecule has 1 heterocycles. The Hall–Kier alpha value is -1.84. The Labute approximate surface area is 75.8 Å². The Kier molecular flexibility index (Phi) is 2.22. The molecule has 0 saturated heterocycles. The van der Waals surface area contributed by atoms with Crippen LogP contribution in [0.3, 0.4) is 0 Å². The summed E-state index contributed by atoms with van der Waals surface area (Å²) in [7, 11) is 0. The van der Waals surface area contributed by atoms with E-state index < -0.39 is 0 Å². The van der Waals surface area contributed by atoms with Crippen LogP contribution in [0.2, 0.25) is 0 Å². The molecule has 64 valence electrons. The first-order valence-corrected chi connectivity index (χ1v) is 3.96. The van der Waals surface area contributed by atoms with Gasteiger partial charge in [0.25, 0.3) is 0 Å². The Morgan fingerprint density at radius 3 is 2.69 bits per heavy atom. The molecule has 0 radical (unpaired) electrons. The molecule has 1 aromatic rings. The molecule has 13 heavy (non-hydrogen) atoms. The zero-order valence-corrected chi connectivity index (χ0v) is 6.91. The van der Waals surface area contributed by atoms with Gasteiger partial charge in [0, 0.05) is 0 Å². The predicted octanol–water partition coefficient (Wildman–Crippen LogP) is 2.21. The van der Waals surface area contributed by atoms with Gasteiger partial charge in [0.1, 0.15) is 6.34 Å². The number of azo groups is 1. The van der Waals surface area contributed by atoms with Gasteiger partial charge in [0.15, 0.2) is 6.17 Å². The van der Waals surface area contributed by atoms with E-state index in [0.29, 0.717) is 0 Å². The average molecular weight is 172 g/mol. The van der Waals surface area contributed by atoms with Gasteiger partial charge in [0.2, 0.25) is 0 Å². The van der Waals surface area contributed by atoms with Crippen molar-refractivity contribution in [1.82, 2.24) is 0 Å². The van der Waals surface area contributed by atoms with Crippen molar-refractivity contribution in [3.05, 3.63) is 30.3 Å². The Bertz CT molecular complexity index is 341. The van der Waals surface area contributed by atoms with Crippen LogP contribution < -0.4 is 0 Å². The van der Waals surface area contributed by atoms with Crippen LogP contribution in [0.15, 0.2) is 50.5 Å². The number of aliphatic imine (C=N–C) groups is 2. The first kappa shape index (κ1) is 7.79. The number of benzene rings is 1. The van der Waals surface area contributed by atoms with Gasteiger partial charge >= 0.3 is 0 Å². The summed E-state index contributed by atoms with van der Waals surface area (Å²) in [6.07, 6.45) is 2.89. The fourth-order valence-electron chi connectivity index (χ4n) is 0.941. The summed E-state index contributed by atoms with van der Waals surface area (Å²) < 4.78 is 0. The van der Waals surface area contributed by atoms with Crippen molar-refractivity contribution in [1.29, 1.82) is 0 Å². The van der Waals surface area contributed by atoms with E-state index in [1.807, 2.05) is 30.3 Å². The lowest BCUT2D eigenvalue weighted by Crippen LogP contribution is -1.94. The van der Waals surface area contributed by atoms with E-state index in [4.69, 9.17) is 0 Å². The first-order chi connectivity index (χ1) is 6.45. The van der Waals surface area contributed by atoms with Gasteiger partial charge < -0.3 is 0 Å². The second-order valence-electron chi connectivity index (χ2n) is 2.53. The van der Waals surface area contributed by atoms with Crippen molar-refractivity contribution in [2.45, 2.75) is 6.17 Å². The fourth-order valence-corrected chi connectivity index (χ4v) is 0.941. The summed E-state index contributed by atoms with van der Waals surface area (Å²) in [6.45, 7) is 0. The van der Waals surface area contributed by atoms with Crippen LogP contribution in [0, 0.1) is 0 Å². The second-order valence-corrected chi connectivity index (χ2v) is 2.53. The summed E-state index contributed by atoms with van der Waals surface area (Å²) in [5, 5.41) is 7.98. The van der Waals surface area contributed by atoms with E-state index in [1.165, 1.54) is 6.34 Å². The molecule has 1 aliphatic rings. The van der Waals surface area contributed by atoms with Gasteiger partial charge in [0.05, 0.1) is 11.9 Å². The topological polar surface area (TPSA) is 49.4 Å². The van der Waals surface area contributed by atoms with Crippen LogP contribution in [0.4, 0.5) is 5.69 Å². The molecule has 1 aromatic carbocycles. The van der Waals surface area contributed by atoms with Crippen molar-refractivity contribution in [2.75, 3.05) is 0 Å². The van der Waals surface area contributed by atoms with Crippen molar-refractivity contribution in [2.24, 2.45) is 20.2 Å². The van der Waals surface area contributed by atoms with Crippen LogP contribution in [-0.2, 0) is 0 Å². The summed E-state index contributed by atoms with van der Waals surface area (Å²) in [5.74, 6) is 0. The molecule has 1 aliphatic heterocycles. The normalized spacial score (nSPS) is 20.2. The molecule has 1 atom stereocenters. The molecular formula is C9H8N4. The molecule has 0 amide bonds. The maximum absolute atomic E-state index is 4.01. The van der Waals surface area contributed by atoms with E-state index >= 15 is 0 Å². The first-order valence-electron chi connectivity index (χ1n) is 3.96. The van der Waals surface area contributed by atoms with Gasteiger partial charge in [-0.25, -0.2) is 9.98 Å². The highest BCUT2D eigenvalue weighted by atomic mass is 15.2. The summed E-state index contributed by atoms with van der Waals surface area (Å²) in [6, 6.07) is 9.55. The zero-order valence-electron chi connectivity index (χ0n) is 6.91. The van der Waals surface area contributed by atoms with Crippen molar-refractivity contribution < 1.29 is 0 Å². The lowest BCUT2D eigenvalue weighted by Gasteiger charge is -1.92. The number of hydrogen-bond donors (Lipinski definition) is 0. The lowest BCUT2D eigenvalue weighted by atomic mass is 10.3. The largest absolute Gasteiger partial charge is 0.245 e. The number of hydrogen-bond acceptors (Lipinski definition) is 4. The van der Waals surface area contributed by atoms with E-state index in [0.717, 1.165) is 5.69 Å². The standard InChI is InChI=1S/C9H8N4/c1-2-4-8(5-3-1)12-13-9-6-10-7-11-9/h1-7,9H/t9-/m1/s1. The van der Waals surface area contributed by atoms with Crippen LogP contribution in [-0.4, -0.2) is 18.7 Å². The van der Waals surface area contributed by atoms with Gasteiger partial charge in [-0.05, 0) is 12.1 Å². The van der Waals surface area contributed by atoms with Crippen molar-refractivity contribution in [3.8, 4) is 0 Å².